The standard InChI is InChI=1S/C16H16N4OS2/c21-12-2-1-5-20(9-12)16-18-8-13(11-3-6-22-10-11)14(19-16)15-17-4-7-23-15/h3-4,6-8,10,12,21H,1-2,5,9H2/t12-/m0/s1. The topological polar surface area (TPSA) is 62.1 Å². The minimum Gasteiger partial charge on any atom is -0.391 e. The first kappa shape index (κ1) is 14.7. The van der Waals surface area contributed by atoms with Gasteiger partial charge in [0.1, 0.15) is 10.7 Å². The van der Waals surface area contributed by atoms with Gasteiger partial charge >= 0.3 is 0 Å². The molecule has 0 radical (unpaired) electrons. The van der Waals surface area contributed by atoms with E-state index in [1.807, 2.05) is 11.6 Å². The zero-order valence-electron chi connectivity index (χ0n) is 12.4. The number of hydrogen-bond donors (Lipinski definition) is 1. The van der Waals surface area contributed by atoms with Crippen LogP contribution >= 0.6 is 22.7 Å². The highest BCUT2D eigenvalue weighted by molar-refractivity contribution is 7.13. The fourth-order valence-electron chi connectivity index (χ4n) is 2.79. The van der Waals surface area contributed by atoms with Crippen molar-refractivity contribution < 1.29 is 5.11 Å². The predicted octanol–water partition coefficient (Wildman–Crippen LogP) is 3.29. The Labute approximate surface area is 142 Å². The Balaban J connectivity index is 1.77. The van der Waals surface area contributed by atoms with Crippen LogP contribution in [-0.2, 0) is 0 Å². The Kier molecular flexibility index (Phi) is 4.07. The number of hydrogen-bond acceptors (Lipinski definition) is 7. The number of piperidine rings is 1. The Bertz CT molecular complexity index is 773. The fraction of sp³-hybridized carbons (Fsp3) is 0.312. The molecule has 0 unspecified atom stereocenters. The molecule has 0 spiro atoms. The molecule has 1 aliphatic heterocycles. The molecule has 4 heterocycles. The number of aliphatic hydroxyl groups is 1. The van der Waals surface area contributed by atoms with Crippen LogP contribution in [0.2, 0.25) is 0 Å². The summed E-state index contributed by atoms with van der Waals surface area (Å²) in [6.07, 6.45) is 5.19. The summed E-state index contributed by atoms with van der Waals surface area (Å²) in [5.41, 5.74) is 2.98. The van der Waals surface area contributed by atoms with Gasteiger partial charge in [0.2, 0.25) is 5.95 Å². The van der Waals surface area contributed by atoms with Crippen molar-refractivity contribution in [2.75, 3.05) is 18.0 Å². The smallest absolute Gasteiger partial charge is 0.226 e. The van der Waals surface area contributed by atoms with E-state index in [1.165, 1.54) is 0 Å². The van der Waals surface area contributed by atoms with E-state index in [0.29, 0.717) is 12.5 Å². The lowest BCUT2D eigenvalue weighted by Crippen LogP contribution is -2.39. The van der Waals surface area contributed by atoms with E-state index >= 15 is 0 Å². The quantitative estimate of drug-likeness (QED) is 0.790. The Morgan fingerprint density at radius 1 is 1.26 bits per heavy atom. The molecule has 1 saturated heterocycles. The fourth-order valence-corrected chi connectivity index (χ4v) is 4.09. The summed E-state index contributed by atoms with van der Waals surface area (Å²) in [5.74, 6) is 0.674. The lowest BCUT2D eigenvalue weighted by Gasteiger charge is -2.30. The van der Waals surface area contributed by atoms with Gasteiger partial charge in [0.25, 0.3) is 0 Å². The third-order valence-corrected chi connectivity index (χ3v) is 5.39. The molecule has 1 N–H and O–H groups in total. The molecule has 0 saturated carbocycles. The average molecular weight is 344 g/mol. The molecule has 1 fully saturated rings. The summed E-state index contributed by atoms with van der Waals surface area (Å²) in [7, 11) is 0. The lowest BCUT2D eigenvalue weighted by atomic mass is 10.1. The largest absolute Gasteiger partial charge is 0.391 e. The van der Waals surface area contributed by atoms with E-state index < -0.39 is 0 Å². The van der Waals surface area contributed by atoms with Crippen molar-refractivity contribution in [1.82, 2.24) is 15.0 Å². The summed E-state index contributed by atoms with van der Waals surface area (Å²) in [6.45, 7) is 1.47. The van der Waals surface area contributed by atoms with Crippen LogP contribution < -0.4 is 4.90 Å². The van der Waals surface area contributed by atoms with Gasteiger partial charge in [0, 0.05) is 36.4 Å². The van der Waals surface area contributed by atoms with Gasteiger partial charge in [0.05, 0.1) is 6.10 Å². The van der Waals surface area contributed by atoms with Crippen LogP contribution in [0.15, 0.2) is 34.6 Å². The maximum absolute atomic E-state index is 9.89. The monoisotopic (exact) mass is 344 g/mol. The SMILES string of the molecule is O[C@H]1CCCN(c2ncc(-c3ccsc3)c(-c3nccs3)n2)C1. The molecule has 3 aromatic heterocycles. The van der Waals surface area contributed by atoms with E-state index in [0.717, 1.165) is 41.2 Å². The maximum atomic E-state index is 9.89. The van der Waals surface area contributed by atoms with Crippen molar-refractivity contribution in [2.45, 2.75) is 18.9 Å². The summed E-state index contributed by atoms with van der Waals surface area (Å²) in [6, 6.07) is 2.07. The minimum atomic E-state index is -0.299. The maximum Gasteiger partial charge on any atom is 0.226 e. The Morgan fingerprint density at radius 3 is 2.96 bits per heavy atom. The van der Waals surface area contributed by atoms with Gasteiger partial charge in [-0.25, -0.2) is 15.0 Å². The first-order valence-electron chi connectivity index (χ1n) is 7.54. The highest BCUT2D eigenvalue weighted by atomic mass is 32.1. The van der Waals surface area contributed by atoms with Gasteiger partial charge in [-0.3, -0.25) is 0 Å². The highest BCUT2D eigenvalue weighted by Crippen LogP contribution is 2.33. The molecule has 5 nitrogen and oxygen atoms in total. The van der Waals surface area contributed by atoms with Crippen molar-refractivity contribution >= 4 is 28.6 Å². The number of thiophene rings is 1. The molecule has 23 heavy (non-hydrogen) atoms. The zero-order valence-corrected chi connectivity index (χ0v) is 14.1. The first-order valence-corrected chi connectivity index (χ1v) is 9.36. The number of β-amino-alcohol motifs (C(OH)–C–C–N with tert-alkyl or cyclic N) is 1. The second kappa shape index (κ2) is 6.35. The van der Waals surface area contributed by atoms with Crippen LogP contribution in [0.5, 0.6) is 0 Å². The molecule has 0 amide bonds. The third-order valence-electron chi connectivity index (χ3n) is 3.92. The van der Waals surface area contributed by atoms with Crippen molar-refractivity contribution in [1.29, 1.82) is 0 Å². The van der Waals surface area contributed by atoms with Gasteiger partial charge in [-0.15, -0.1) is 11.3 Å². The van der Waals surface area contributed by atoms with Crippen LogP contribution in [0.1, 0.15) is 12.8 Å². The highest BCUT2D eigenvalue weighted by Gasteiger charge is 2.22. The molecule has 0 aromatic carbocycles. The molecule has 118 valence electrons. The molecule has 3 aromatic rings. The molecule has 0 bridgehead atoms. The van der Waals surface area contributed by atoms with E-state index in [4.69, 9.17) is 4.98 Å². The molecule has 1 atom stereocenters. The summed E-state index contributed by atoms with van der Waals surface area (Å²) >= 11 is 3.23. The lowest BCUT2D eigenvalue weighted by molar-refractivity contribution is 0.153. The second-order valence-corrected chi connectivity index (χ2v) is 7.20. The average Bonchev–Trinajstić information content (AvgIpc) is 3.28. The van der Waals surface area contributed by atoms with Crippen molar-refractivity contribution in [3.8, 4) is 21.8 Å². The van der Waals surface area contributed by atoms with Crippen LogP contribution in [0, 0.1) is 0 Å². The second-order valence-electron chi connectivity index (χ2n) is 5.52. The van der Waals surface area contributed by atoms with Gasteiger partial charge in [-0.05, 0) is 35.2 Å². The Morgan fingerprint density at radius 2 is 2.22 bits per heavy atom. The summed E-state index contributed by atoms with van der Waals surface area (Å²) in [5, 5.41) is 16.9. The normalized spacial score (nSPS) is 18.3. The van der Waals surface area contributed by atoms with Crippen molar-refractivity contribution in [3.05, 3.63) is 34.6 Å². The molecule has 7 heteroatoms. The summed E-state index contributed by atoms with van der Waals surface area (Å²) in [4.78, 5) is 15.8. The Hall–Kier alpha value is -1.83. The number of anilines is 1. The van der Waals surface area contributed by atoms with E-state index in [9.17, 15) is 5.11 Å². The van der Waals surface area contributed by atoms with Crippen molar-refractivity contribution in [3.63, 3.8) is 0 Å². The number of nitrogens with zero attached hydrogens (tertiary/aromatic N) is 4. The molecule has 1 aliphatic rings. The van der Waals surface area contributed by atoms with E-state index in [1.54, 1.807) is 28.9 Å². The van der Waals surface area contributed by atoms with E-state index in [2.05, 4.69) is 31.7 Å². The van der Waals surface area contributed by atoms with Crippen LogP contribution in [0.25, 0.3) is 21.8 Å². The predicted molar refractivity (Wildman–Crippen MR) is 93.9 cm³/mol. The summed E-state index contributed by atoms with van der Waals surface area (Å²) < 4.78 is 0. The van der Waals surface area contributed by atoms with Crippen LogP contribution in [0.3, 0.4) is 0 Å². The van der Waals surface area contributed by atoms with Crippen LogP contribution in [-0.4, -0.2) is 39.3 Å². The molecule has 4 rings (SSSR count). The van der Waals surface area contributed by atoms with E-state index in [-0.39, 0.29) is 6.10 Å². The molecular weight excluding hydrogens is 328 g/mol. The first-order chi connectivity index (χ1) is 11.3. The number of rotatable bonds is 3. The van der Waals surface area contributed by atoms with Crippen molar-refractivity contribution in [2.24, 2.45) is 0 Å². The van der Waals surface area contributed by atoms with Gasteiger partial charge in [0.15, 0.2) is 0 Å². The number of thiazole rings is 1. The van der Waals surface area contributed by atoms with Crippen LogP contribution in [0.4, 0.5) is 5.95 Å². The van der Waals surface area contributed by atoms with Gasteiger partial charge in [-0.1, -0.05) is 0 Å². The minimum absolute atomic E-state index is 0.299. The number of aliphatic hydroxyl groups excluding tert-OH is 1. The molecular formula is C16H16N4OS2. The van der Waals surface area contributed by atoms with Gasteiger partial charge < -0.3 is 10.0 Å². The third kappa shape index (κ3) is 2.99. The van der Waals surface area contributed by atoms with Gasteiger partial charge in [-0.2, -0.15) is 11.3 Å². The molecule has 0 aliphatic carbocycles. The zero-order chi connectivity index (χ0) is 15.6. The number of aromatic nitrogens is 3.